The first kappa shape index (κ1) is 18.7. The van der Waals surface area contributed by atoms with Crippen molar-refractivity contribution in [1.29, 1.82) is 0 Å². The second-order valence-electron chi connectivity index (χ2n) is 0.756. The molecule has 0 heterocycles. The Labute approximate surface area is 90.5 Å². The van der Waals surface area contributed by atoms with Gasteiger partial charge in [0.1, 0.15) is 40.2 Å². The van der Waals surface area contributed by atoms with E-state index in [1.165, 1.54) is 0 Å². The Morgan fingerprint density at radius 2 is 0.455 bits per heavy atom. The number of rotatable bonds is 0. The molecule has 11 heavy (non-hydrogen) atoms. The van der Waals surface area contributed by atoms with E-state index in [4.69, 9.17) is 27.5 Å². The van der Waals surface area contributed by atoms with Gasteiger partial charge in [-0.25, -0.2) is 0 Å². The number of halogens is 2. The molecule has 0 fully saturated rings. The molecule has 8 nitrogen and oxygen atoms in total. The van der Waals surface area contributed by atoms with Gasteiger partial charge in [-0.05, 0) is 0 Å². The van der Waals surface area contributed by atoms with Crippen LogP contribution in [-0.2, 0) is 0 Å². The van der Waals surface area contributed by atoms with Crippen molar-refractivity contribution in [2.24, 2.45) is 0 Å². The first-order chi connectivity index (χ1) is 4.00. The molecule has 0 N–H and O–H groups in total. The Balaban J connectivity index is -0.000000107. The maximum Gasteiger partial charge on any atom is 2.00 e. The van der Waals surface area contributed by atoms with Gasteiger partial charge in [0, 0.05) is 0 Å². The monoisotopic (exact) mass is 502 g/mol. The van der Waals surface area contributed by atoms with Crippen molar-refractivity contribution < 1.29 is 67.7 Å². The molecule has 0 spiro atoms. The summed E-state index contributed by atoms with van der Waals surface area (Å²) >= 11 is -11.9. The summed E-state index contributed by atoms with van der Waals surface area (Å²) < 4.78 is 68.9. The normalized spacial score (nSPS) is 10.9. The summed E-state index contributed by atoms with van der Waals surface area (Å²) in [6.45, 7) is 0. The van der Waals surface area contributed by atoms with Crippen LogP contribution >= 0.6 is 0 Å². The fraction of sp³-hybridized carbons (Fsp3) is 0. The van der Waals surface area contributed by atoms with E-state index in [-0.39, 0.29) is 23.9 Å². The van der Waals surface area contributed by atoms with Gasteiger partial charge in [-0.15, -0.1) is 0 Å². The second-order valence-corrected chi connectivity index (χ2v) is 5.07. The fourth-order valence-corrected chi connectivity index (χ4v) is 0. The summed E-state index contributed by atoms with van der Waals surface area (Å²) in [7, 11) is 0. The largest absolute Gasteiger partial charge is 2.00 e. The summed E-state index contributed by atoms with van der Waals surface area (Å²) in [5, 5.41) is 0. The summed E-state index contributed by atoms with van der Waals surface area (Å²) in [4.78, 5) is 0. The molecule has 0 aromatic rings. The summed E-state index contributed by atoms with van der Waals surface area (Å²) in [6.07, 6.45) is 0. The molecule has 0 aromatic heterocycles. The van der Waals surface area contributed by atoms with E-state index < -0.39 is 40.2 Å². The number of hydrogen-bond acceptors (Lipinski definition) is 8. The van der Waals surface area contributed by atoms with Gasteiger partial charge in [-0.2, -0.15) is 0 Å². The Kier molecular flexibility index (Phi) is 12.5. The summed E-state index contributed by atoms with van der Waals surface area (Å²) in [6, 6.07) is 0. The minimum atomic E-state index is -5.94. The predicted octanol–water partition coefficient (Wildman–Crippen LogP) is -15.9. The average molecular weight is 501 g/mol. The molecule has 2 radical (unpaired) electrons. The van der Waals surface area contributed by atoms with Crippen LogP contribution in [0.25, 0.3) is 0 Å². The fourth-order valence-electron chi connectivity index (χ4n) is 0. The quantitative estimate of drug-likeness (QED) is 0.232. The van der Waals surface area contributed by atoms with Crippen LogP contribution in [0.4, 0.5) is 0 Å². The van der Waals surface area contributed by atoms with Gasteiger partial charge in [-0.3, -0.25) is 27.5 Å². The molecule has 0 aliphatic heterocycles. The van der Waals surface area contributed by atoms with Gasteiger partial charge in [0.05, 0.1) is 0 Å². The molecule has 11 heteroatoms. The molecule has 0 aliphatic rings. The Morgan fingerprint density at radius 1 is 0.455 bits per heavy atom. The van der Waals surface area contributed by atoms with Crippen molar-refractivity contribution in [3.05, 3.63) is 0 Å². The van der Waals surface area contributed by atoms with Gasteiger partial charge in [0.25, 0.3) is 0 Å². The van der Waals surface area contributed by atoms with E-state index in [0.29, 0.717) is 0 Å². The molecule has 0 saturated carbocycles. The van der Waals surface area contributed by atoms with Crippen LogP contribution in [0, 0.1) is 0 Å². The van der Waals surface area contributed by atoms with E-state index in [1.807, 2.05) is 0 Å². The Bertz CT molecular complexity index is 55.1. The van der Waals surface area contributed by atoms with Crippen LogP contribution in [-0.4, -0.2) is 23.9 Å². The van der Waals surface area contributed by atoms with Crippen LogP contribution < -0.4 is 67.7 Å². The number of hydrogen-bond donors (Lipinski definition) is 0. The third kappa shape index (κ3) is 314. The van der Waals surface area contributed by atoms with Crippen molar-refractivity contribution >= 4 is 23.9 Å². The Hall–Kier alpha value is 1.94. The van der Waals surface area contributed by atoms with E-state index in [9.17, 15) is 0 Å². The molecule has 0 aliphatic carbocycles. The average Bonchev–Trinajstić information content (AvgIpc) is 1.12. The standard InChI is InChI=1S/2IO4.Sn/c2*2-1(3,4)5;/q2*-1;+2. The van der Waals surface area contributed by atoms with Crippen LogP contribution in [0.1, 0.15) is 0 Å². The molecule has 0 unspecified atom stereocenters. The van der Waals surface area contributed by atoms with Gasteiger partial charge in [0.15, 0.2) is 0 Å². The smallest absolute Gasteiger partial charge is 0.286 e. The van der Waals surface area contributed by atoms with Gasteiger partial charge in [-0.1, -0.05) is 0 Å². The third-order valence-corrected chi connectivity index (χ3v) is 0. The van der Waals surface area contributed by atoms with E-state index in [0.717, 1.165) is 0 Å². The summed E-state index contributed by atoms with van der Waals surface area (Å²) in [5.74, 6) is 0. The van der Waals surface area contributed by atoms with E-state index in [2.05, 4.69) is 0 Å². The van der Waals surface area contributed by atoms with Crippen LogP contribution in [0.2, 0.25) is 0 Å². The van der Waals surface area contributed by atoms with Gasteiger partial charge >= 0.3 is 23.9 Å². The molecule has 0 aromatic carbocycles. The van der Waals surface area contributed by atoms with Crippen LogP contribution in [0.5, 0.6) is 0 Å². The summed E-state index contributed by atoms with van der Waals surface area (Å²) in [5.41, 5.74) is 0. The van der Waals surface area contributed by atoms with Crippen molar-refractivity contribution in [3.8, 4) is 0 Å². The maximum atomic E-state index is 8.62. The van der Waals surface area contributed by atoms with E-state index in [1.54, 1.807) is 0 Å². The topological polar surface area (TPSA) is 184 Å². The van der Waals surface area contributed by atoms with Crippen molar-refractivity contribution in [1.82, 2.24) is 0 Å². The van der Waals surface area contributed by atoms with Crippen molar-refractivity contribution in [2.45, 2.75) is 0 Å². The van der Waals surface area contributed by atoms with Gasteiger partial charge in [0.2, 0.25) is 0 Å². The second kappa shape index (κ2) is 7.35. The zero-order valence-electron chi connectivity index (χ0n) is 4.52. The third-order valence-electron chi connectivity index (χ3n) is 0. The first-order valence-corrected chi connectivity index (χ1v) is 8.28. The minimum absolute atomic E-state index is 0. The van der Waals surface area contributed by atoms with Crippen molar-refractivity contribution in [2.75, 3.05) is 0 Å². The molecule has 0 rings (SSSR count). The maximum absolute atomic E-state index is 8.62. The zero-order chi connectivity index (χ0) is 9.00. The Morgan fingerprint density at radius 3 is 0.455 bits per heavy atom. The molecular weight excluding hydrogens is 501 g/mol. The van der Waals surface area contributed by atoms with Crippen molar-refractivity contribution in [3.63, 3.8) is 0 Å². The molecule has 0 saturated heterocycles. The van der Waals surface area contributed by atoms with Gasteiger partial charge < -0.3 is 0 Å². The van der Waals surface area contributed by atoms with E-state index >= 15 is 0 Å². The molecule has 66 valence electrons. The minimum Gasteiger partial charge on any atom is -0.286 e. The zero-order valence-corrected chi connectivity index (χ0v) is 11.7. The predicted molar refractivity (Wildman–Crippen MR) is 5.75 cm³/mol. The SMILES string of the molecule is [O-][I+3]([O-])([O-])[O-].[O-][I+3]([O-])([O-])[O-].[Sn+2]. The van der Waals surface area contributed by atoms with Crippen LogP contribution in [0.3, 0.4) is 0 Å². The molecule has 0 amide bonds. The molecule has 0 atom stereocenters. The molecular formula is I2O8Sn. The van der Waals surface area contributed by atoms with Crippen LogP contribution in [0.15, 0.2) is 0 Å². The first-order valence-electron chi connectivity index (χ1n) is 1.23. The molecule has 0 bridgehead atoms.